The number of amides is 2. The lowest BCUT2D eigenvalue weighted by Gasteiger charge is -2.17. The van der Waals surface area contributed by atoms with Crippen molar-refractivity contribution in [1.29, 1.82) is 0 Å². The third-order valence-corrected chi connectivity index (χ3v) is 5.30. The molecule has 2 aromatic rings. The number of hydrogen-bond donors (Lipinski definition) is 2. The molecule has 0 spiro atoms. The van der Waals surface area contributed by atoms with Gasteiger partial charge in [-0.1, -0.05) is 12.8 Å². The van der Waals surface area contributed by atoms with Gasteiger partial charge in [0.15, 0.2) is 0 Å². The first kappa shape index (κ1) is 17.1. The SMILES string of the molecule is O=C(Nc1cc2c(cc1[N+](=O)[O-])NC(=O)C2C1CCCC1)c1ccncc1. The van der Waals surface area contributed by atoms with E-state index in [9.17, 15) is 19.7 Å². The highest BCUT2D eigenvalue weighted by Gasteiger charge is 2.39. The maximum Gasteiger partial charge on any atom is 0.294 e. The van der Waals surface area contributed by atoms with Gasteiger partial charge in [-0.05, 0) is 42.5 Å². The molecule has 8 nitrogen and oxygen atoms in total. The van der Waals surface area contributed by atoms with Crippen LogP contribution in [0.4, 0.5) is 17.1 Å². The van der Waals surface area contributed by atoms with Crippen LogP contribution in [0.1, 0.15) is 47.5 Å². The van der Waals surface area contributed by atoms with Crippen molar-refractivity contribution in [3.63, 3.8) is 0 Å². The van der Waals surface area contributed by atoms with Gasteiger partial charge < -0.3 is 10.6 Å². The molecular formula is C19H18N4O4. The number of fused-ring (bicyclic) bond motifs is 1. The van der Waals surface area contributed by atoms with Crippen LogP contribution < -0.4 is 10.6 Å². The van der Waals surface area contributed by atoms with Crippen molar-refractivity contribution in [1.82, 2.24) is 4.98 Å². The van der Waals surface area contributed by atoms with Gasteiger partial charge in [0.2, 0.25) is 5.91 Å². The van der Waals surface area contributed by atoms with Crippen LogP contribution in [0.2, 0.25) is 0 Å². The fourth-order valence-electron chi connectivity index (χ4n) is 4.03. The van der Waals surface area contributed by atoms with Crippen molar-refractivity contribution in [2.45, 2.75) is 31.6 Å². The lowest BCUT2D eigenvalue weighted by molar-refractivity contribution is -0.383. The number of carbonyl (C=O) groups is 2. The monoisotopic (exact) mass is 366 g/mol. The second kappa shape index (κ2) is 6.79. The van der Waals surface area contributed by atoms with Crippen molar-refractivity contribution < 1.29 is 14.5 Å². The fourth-order valence-corrected chi connectivity index (χ4v) is 4.03. The van der Waals surface area contributed by atoms with Gasteiger partial charge in [-0.2, -0.15) is 0 Å². The van der Waals surface area contributed by atoms with E-state index in [1.165, 1.54) is 30.6 Å². The Hall–Kier alpha value is -3.29. The molecule has 1 aromatic carbocycles. The summed E-state index contributed by atoms with van der Waals surface area (Å²) in [5.41, 5.74) is 1.39. The Balaban J connectivity index is 1.72. The molecule has 1 aliphatic carbocycles. The van der Waals surface area contributed by atoms with Crippen LogP contribution in [0.25, 0.3) is 0 Å². The summed E-state index contributed by atoms with van der Waals surface area (Å²) in [7, 11) is 0. The van der Waals surface area contributed by atoms with Gasteiger partial charge in [0.05, 0.1) is 16.5 Å². The molecule has 0 radical (unpaired) electrons. The summed E-state index contributed by atoms with van der Waals surface area (Å²) in [6, 6.07) is 5.97. The van der Waals surface area contributed by atoms with Gasteiger partial charge in [0, 0.05) is 24.0 Å². The van der Waals surface area contributed by atoms with Gasteiger partial charge in [-0.15, -0.1) is 0 Å². The van der Waals surface area contributed by atoms with Gasteiger partial charge in [0.1, 0.15) is 5.69 Å². The van der Waals surface area contributed by atoms with Crippen LogP contribution in [0.3, 0.4) is 0 Å². The van der Waals surface area contributed by atoms with Crippen LogP contribution in [0, 0.1) is 16.0 Å². The summed E-state index contributed by atoms with van der Waals surface area (Å²) in [5, 5.41) is 16.9. The zero-order valence-electron chi connectivity index (χ0n) is 14.5. The Morgan fingerprint density at radius 3 is 2.59 bits per heavy atom. The molecule has 2 aliphatic rings. The van der Waals surface area contributed by atoms with Crippen molar-refractivity contribution >= 4 is 28.9 Å². The van der Waals surface area contributed by atoms with Crippen molar-refractivity contribution in [2.24, 2.45) is 5.92 Å². The Morgan fingerprint density at radius 2 is 1.93 bits per heavy atom. The number of nitro groups is 1. The fraction of sp³-hybridized carbons (Fsp3) is 0.316. The molecule has 1 saturated carbocycles. The average molecular weight is 366 g/mol. The van der Waals surface area contributed by atoms with Crippen molar-refractivity contribution in [3.05, 3.63) is 57.9 Å². The van der Waals surface area contributed by atoms with E-state index < -0.39 is 10.8 Å². The Kier molecular flexibility index (Phi) is 4.31. The number of nitrogens with zero attached hydrogens (tertiary/aromatic N) is 2. The standard InChI is InChI=1S/C19H18N4O4/c24-18(12-5-7-20-8-6-12)22-15-9-13-14(10-16(15)23(26)27)21-19(25)17(13)11-3-1-2-4-11/h5-11,17H,1-4H2,(H,21,25)(H,22,24). The summed E-state index contributed by atoms with van der Waals surface area (Å²) in [5.74, 6) is -0.671. The highest BCUT2D eigenvalue weighted by Crippen LogP contribution is 2.46. The van der Waals surface area contributed by atoms with Crippen LogP contribution in [0.5, 0.6) is 0 Å². The number of nitrogens with one attached hydrogen (secondary N) is 2. The van der Waals surface area contributed by atoms with E-state index in [2.05, 4.69) is 15.6 Å². The predicted octanol–water partition coefficient (Wildman–Crippen LogP) is 3.47. The summed E-state index contributed by atoms with van der Waals surface area (Å²) in [4.78, 5) is 39.7. The number of carbonyl (C=O) groups excluding carboxylic acids is 2. The Labute approximate surface area is 155 Å². The number of benzene rings is 1. The molecule has 1 fully saturated rings. The first-order valence-electron chi connectivity index (χ1n) is 8.89. The molecule has 1 aliphatic heterocycles. The number of hydrogen-bond acceptors (Lipinski definition) is 5. The normalized spacial score (nSPS) is 18.8. The van der Waals surface area contributed by atoms with Crippen LogP contribution in [-0.2, 0) is 4.79 Å². The quantitative estimate of drug-likeness (QED) is 0.635. The minimum absolute atomic E-state index is 0.0973. The van der Waals surface area contributed by atoms with Crippen LogP contribution in [-0.4, -0.2) is 21.7 Å². The van der Waals surface area contributed by atoms with E-state index in [4.69, 9.17) is 0 Å². The molecule has 8 heteroatoms. The van der Waals surface area contributed by atoms with Crippen LogP contribution >= 0.6 is 0 Å². The van der Waals surface area contributed by atoms with E-state index in [-0.39, 0.29) is 29.1 Å². The molecule has 2 heterocycles. The van der Waals surface area contributed by atoms with E-state index >= 15 is 0 Å². The van der Waals surface area contributed by atoms with Gasteiger partial charge in [-0.25, -0.2) is 0 Å². The lowest BCUT2D eigenvalue weighted by atomic mass is 9.85. The first-order valence-corrected chi connectivity index (χ1v) is 8.89. The summed E-state index contributed by atoms with van der Waals surface area (Å²) in [6.45, 7) is 0. The van der Waals surface area contributed by atoms with E-state index in [0.29, 0.717) is 11.3 Å². The predicted molar refractivity (Wildman–Crippen MR) is 98.6 cm³/mol. The Bertz CT molecular complexity index is 923. The summed E-state index contributed by atoms with van der Waals surface area (Å²) >= 11 is 0. The zero-order valence-corrected chi connectivity index (χ0v) is 14.5. The Morgan fingerprint density at radius 1 is 1.22 bits per heavy atom. The van der Waals surface area contributed by atoms with Gasteiger partial charge in [-0.3, -0.25) is 24.7 Å². The molecule has 2 amide bonds. The van der Waals surface area contributed by atoms with E-state index in [1.54, 1.807) is 6.07 Å². The molecule has 1 unspecified atom stereocenters. The number of aromatic nitrogens is 1. The molecule has 27 heavy (non-hydrogen) atoms. The zero-order chi connectivity index (χ0) is 19.0. The highest BCUT2D eigenvalue weighted by molar-refractivity contribution is 6.08. The molecule has 0 saturated heterocycles. The number of anilines is 2. The summed E-state index contributed by atoms with van der Waals surface area (Å²) < 4.78 is 0. The van der Waals surface area contributed by atoms with Crippen molar-refractivity contribution in [3.8, 4) is 0 Å². The second-order valence-electron chi connectivity index (χ2n) is 6.92. The topological polar surface area (TPSA) is 114 Å². The lowest BCUT2D eigenvalue weighted by Crippen LogP contribution is -2.19. The third kappa shape index (κ3) is 3.14. The molecule has 1 aromatic heterocycles. The first-order chi connectivity index (χ1) is 13.0. The van der Waals surface area contributed by atoms with E-state index in [0.717, 1.165) is 31.2 Å². The minimum Gasteiger partial charge on any atom is -0.325 e. The molecule has 4 rings (SSSR count). The van der Waals surface area contributed by atoms with Gasteiger partial charge in [0.25, 0.3) is 11.6 Å². The van der Waals surface area contributed by atoms with Crippen molar-refractivity contribution in [2.75, 3.05) is 10.6 Å². The maximum atomic E-state index is 12.5. The molecule has 0 bridgehead atoms. The molecule has 2 N–H and O–H groups in total. The largest absolute Gasteiger partial charge is 0.325 e. The molecule has 138 valence electrons. The highest BCUT2D eigenvalue weighted by atomic mass is 16.6. The average Bonchev–Trinajstić information content (AvgIpc) is 3.28. The molecule has 1 atom stereocenters. The number of nitro benzene ring substituents is 1. The minimum atomic E-state index is -0.558. The van der Waals surface area contributed by atoms with E-state index in [1.807, 2.05) is 0 Å². The summed E-state index contributed by atoms with van der Waals surface area (Å²) in [6.07, 6.45) is 7.06. The maximum absolute atomic E-state index is 12.5. The van der Waals surface area contributed by atoms with Crippen LogP contribution in [0.15, 0.2) is 36.7 Å². The van der Waals surface area contributed by atoms with Gasteiger partial charge >= 0.3 is 0 Å². The third-order valence-electron chi connectivity index (χ3n) is 5.30. The smallest absolute Gasteiger partial charge is 0.294 e. The second-order valence-corrected chi connectivity index (χ2v) is 6.92. The number of rotatable bonds is 4. The number of pyridine rings is 1. The molecular weight excluding hydrogens is 348 g/mol.